The molecule has 1 fully saturated rings. The van der Waals surface area contributed by atoms with Crippen molar-refractivity contribution in [1.29, 1.82) is 0 Å². The van der Waals surface area contributed by atoms with Gasteiger partial charge in [-0.3, -0.25) is 23.7 Å². The molecule has 2 unspecified atom stereocenters. The van der Waals surface area contributed by atoms with Crippen LogP contribution in [0.5, 0.6) is 5.75 Å². The molecule has 2 heterocycles. The van der Waals surface area contributed by atoms with Gasteiger partial charge in [0.25, 0.3) is 5.56 Å². The number of esters is 1. The Hall–Kier alpha value is -2.35. The van der Waals surface area contributed by atoms with Gasteiger partial charge in [-0.05, 0) is 52.0 Å². The molecule has 2 aromatic rings. The van der Waals surface area contributed by atoms with Crippen molar-refractivity contribution in [3.05, 3.63) is 61.8 Å². The first-order valence-electron chi connectivity index (χ1n) is 11.2. The number of H-pyrrole nitrogens is 1. The normalized spacial score (nSPS) is 26.0. The van der Waals surface area contributed by atoms with Crippen LogP contribution in [0.4, 0.5) is 4.39 Å². The minimum Gasteiger partial charge on any atom is -0.462 e. The lowest BCUT2D eigenvalue weighted by Crippen LogP contribution is -2.43. The zero-order valence-corrected chi connectivity index (χ0v) is 22.9. The predicted molar refractivity (Wildman–Crippen MR) is 133 cm³/mol. The molecule has 37 heavy (non-hydrogen) atoms. The molecule has 0 radical (unpaired) electrons. The SMILES string of the molecule is CC(C)OC(=O)[C@H](C)NP(=O)(OC[C@H]1O[C@@H](n2ccc(=O)[nH]c2=O)C(C)(F)[C@@H]1O)Oc1ccc(Br)cc1. The summed E-state index contributed by atoms with van der Waals surface area (Å²) in [4.78, 5) is 37.8. The lowest BCUT2D eigenvalue weighted by atomic mass is 9.98. The third-order valence-electron chi connectivity index (χ3n) is 5.33. The Morgan fingerprint density at radius 1 is 1.30 bits per heavy atom. The molecule has 204 valence electrons. The van der Waals surface area contributed by atoms with Crippen molar-refractivity contribution >= 4 is 29.6 Å². The highest BCUT2D eigenvalue weighted by Crippen LogP contribution is 2.47. The maximum absolute atomic E-state index is 15.5. The van der Waals surface area contributed by atoms with Gasteiger partial charge in [-0.15, -0.1) is 0 Å². The third-order valence-corrected chi connectivity index (χ3v) is 7.50. The molecular weight excluding hydrogens is 580 g/mol. The summed E-state index contributed by atoms with van der Waals surface area (Å²) < 4.78 is 52.3. The van der Waals surface area contributed by atoms with Gasteiger partial charge >= 0.3 is 19.4 Å². The average Bonchev–Trinajstić information content (AvgIpc) is 3.02. The molecule has 0 saturated carbocycles. The Morgan fingerprint density at radius 2 is 1.95 bits per heavy atom. The van der Waals surface area contributed by atoms with Crippen LogP contribution >= 0.6 is 23.7 Å². The molecule has 0 bridgehead atoms. The van der Waals surface area contributed by atoms with E-state index in [9.17, 15) is 24.1 Å². The largest absolute Gasteiger partial charge is 0.462 e. The van der Waals surface area contributed by atoms with Crippen molar-refractivity contribution < 1.29 is 37.4 Å². The Labute approximate surface area is 219 Å². The molecule has 1 aromatic carbocycles. The first-order chi connectivity index (χ1) is 17.2. The van der Waals surface area contributed by atoms with Gasteiger partial charge in [-0.2, -0.15) is 5.09 Å². The van der Waals surface area contributed by atoms with Crippen LogP contribution in [0.15, 0.2) is 50.6 Å². The van der Waals surface area contributed by atoms with Crippen LogP contribution in [0.2, 0.25) is 0 Å². The molecule has 15 heteroatoms. The number of alkyl halides is 1. The van der Waals surface area contributed by atoms with E-state index in [1.54, 1.807) is 26.0 Å². The van der Waals surface area contributed by atoms with Crippen LogP contribution < -0.4 is 20.9 Å². The van der Waals surface area contributed by atoms with Gasteiger partial charge in [0.2, 0.25) is 0 Å². The number of aliphatic hydroxyl groups is 1. The molecule has 0 aliphatic carbocycles. The number of carbonyl (C=O) groups excluding carboxylic acids is 1. The lowest BCUT2D eigenvalue weighted by molar-refractivity contribution is -0.149. The number of nitrogens with zero attached hydrogens (tertiary/aromatic N) is 1. The molecule has 1 saturated heterocycles. The molecule has 3 N–H and O–H groups in total. The highest BCUT2D eigenvalue weighted by atomic mass is 79.9. The Kier molecular flexibility index (Phi) is 9.14. The van der Waals surface area contributed by atoms with Crippen LogP contribution in [0, 0.1) is 0 Å². The average molecular weight is 608 g/mol. The number of hydrogen-bond donors (Lipinski definition) is 3. The van der Waals surface area contributed by atoms with Gasteiger partial charge in [0.05, 0.1) is 12.7 Å². The quantitative estimate of drug-likeness (QED) is 0.270. The highest BCUT2D eigenvalue weighted by Gasteiger charge is 2.55. The van der Waals surface area contributed by atoms with E-state index in [0.29, 0.717) is 0 Å². The van der Waals surface area contributed by atoms with Crippen molar-refractivity contribution in [3.63, 3.8) is 0 Å². The second-order valence-electron chi connectivity index (χ2n) is 8.82. The van der Waals surface area contributed by atoms with E-state index < -0.39 is 67.8 Å². The first-order valence-corrected chi connectivity index (χ1v) is 13.6. The second-order valence-corrected chi connectivity index (χ2v) is 11.4. The van der Waals surface area contributed by atoms with E-state index in [-0.39, 0.29) is 5.75 Å². The van der Waals surface area contributed by atoms with Gasteiger partial charge < -0.3 is 19.1 Å². The van der Waals surface area contributed by atoms with Gasteiger partial charge in [0, 0.05) is 16.7 Å². The predicted octanol–water partition coefficient (Wildman–Crippen LogP) is 2.42. The van der Waals surface area contributed by atoms with Crippen LogP contribution in [-0.2, 0) is 23.4 Å². The lowest BCUT2D eigenvalue weighted by Gasteiger charge is -2.25. The second kappa shape index (κ2) is 11.6. The van der Waals surface area contributed by atoms with E-state index in [0.717, 1.165) is 28.2 Å². The van der Waals surface area contributed by atoms with Crippen molar-refractivity contribution in [2.75, 3.05) is 6.61 Å². The van der Waals surface area contributed by atoms with Crippen LogP contribution in [0.1, 0.15) is 33.9 Å². The summed E-state index contributed by atoms with van der Waals surface area (Å²) in [7, 11) is -4.33. The number of benzene rings is 1. The maximum atomic E-state index is 15.5. The van der Waals surface area contributed by atoms with Gasteiger partial charge in [-0.25, -0.2) is 13.8 Å². The summed E-state index contributed by atoms with van der Waals surface area (Å²) in [6.45, 7) is 5.05. The van der Waals surface area contributed by atoms with Crippen molar-refractivity contribution in [1.82, 2.24) is 14.6 Å². The standard InChI is InChI=1S/C22H28BrFN3O9P/c1-12(2)34-19(30)13(3)26-37(32,36-15-7-5-14(23)6-8-15)33-11-16-18(29)22(4,24)20(35-16)27-10-9-17(28)25-21(27)31/h5-10,12-13,16,18,20,29H,11H2,1-4H3,(H,26,32)(H,25,28,31)/t13-,16+,18+,20+,22?,37?/m0/s1. The summed E-state index contributed by atoms with van der Waals surface area (Å²) in [6, 6.07) is 6.12. The summed E-state index contributed by atoms with van der Waals surface area (Å²) in [5, 5.41) is 13.1. The zero-order chi connectivity index (χ0) is 27.5. The number of hydrogen-bond acceptors (Lipinski definition) is 9. The molecule has 0 amide bonds. The Morgan fingerprint density at radius 3 is 2.54 bits per heavy atom. The molecule has 12 nitrogen and oxygen atoms in total. The fourth-order valence-corrected chi connectivity index (χ4v) is 5.25. The molecule has 1 aromatic heterocycles. The molecule has 1 aliphatic rings. The number of carbonyl (C=O) groups is 1. The van der Waals surface area contributed by atoms with Crippen LogP contribution in [-0.4, -0.2) is 57.3 Å². The summed E-state index contributed by atoms with van der Waals surface area (Å²) in [6.07, 6.45) is -4.24. The number of halogens is 2. The number of nitrogens with one attached hydrogen (secondary N) is 2. The molecule has 3 rings (SSSR count). The number of aromatic nitrogens is 2. The van der Waals surface area contributed by atoms with E-state index in [1.165, 1.54) is 19.1 Å². The van der Waals surface area contributed by atoms with Crippen molar-refractivity contribution in [3.8, 4) is 5.75 Å². The monoisotopic (exact) mass is 607 g/mol. The number of aliphatic hydroxyl groups excluding tert-OH is 1. The van der Waals surface area contributed by atoms with Crippen LogP contribution in [0.25, 0.3) is 0 Å². The van der Waals surface area contributed by atoms with E-state index in [4.69, 9.17) is 18.5 Å². The molecule has 6 atom stereocenters. The zero-order valence-electron chi connectivity index (χ0n) is 20.4. The fourth-order valence-electron chi connectivity index (χ4n) is 3.48. The van der Waals surface area contributed by atoms with Gasteiger partial charge in [-0.1, -0.05) is 15.9 Å². The molecule has 0 spiro atoms. The molecular formula is C22H28BrFN3O9P. The van der Waals surface area contributed by atoms with Crippen LogP contribution in [0.3, 0.4) is 0 Å². The maximum Gasteiger partial charge on any atom is 0.459 e. The topological polar surface area (TPSA) is 158 Å². The van der Waals surface area contributed by atoms with Gasteiger partial charge in [0.1, 0.15) is 24.0 Å². The smallest absolute Gasteiger partial charge is 0.459 e. The third kappa shape index (κ3) is 7.15. The van der Waals surface area contributed by atoms with E-state index in [2.05, 4.69) is 21.0 Å². The van der Waals surface area contributed by atoms with Crippen molar-refractivity contribution in [2.45, 2.75) is 63.9 Å². The minimum absolute atomic E-state index is 0.129. The highest BCUT2D eigenvalue weighted by molar-refractivity contribution is 9.10. The number of ether oxygens (including phenoxy) is 2. The van der Waals surface area contributed by atoms with Gasteiger partial charge in [0.15, 0.2) is 11.9 Å². The Bertz CT molecular complexity index is 1270. The summed E-state index contributed by atoms with van der Waals surface area (Å²) in [5.74, 6) is -0.589. The summed E-state index contributed by atoms with van der Waals surface area (Å²) >= 11 is 3.28. The van der Waals surface area contributed by atoms with Crippen molar-refractivity contribution in [2.24, 2.45) is 0 Å². The number of rotatable bonds is 10. The fraction of sp³-hybridized carbons (Fsp3) is 0.500. The minimum atomic E-state index is -4.33. The van der Waals surface area contributed by atoms with E-state index in [1.807, 2.05) is 4.98 Å². The molecule has 1 aliphatic heterocycles. The van der Waals surface area contributed by atoms with E-state index >= 15 is 4.39 Å². The first kappa shape index (κ1) is 29.2. The summed E-state index contributed by atoms with van der Waals surface area (Å²) in [5.41, 5.74) is -4.13. The number of aromatic amines is 1. The Balaban J connectivity index is 1.81.